The molecule has 1 fully saturated rings. The summed E-state index contributed by atoms with van der Waals surface area (Å²) in [4.78, 5) is 62.9. The highest BCUT2D eigenvalue weighted by atomic mass is 16.2. The molecule has 28 heavy (non-hydrogen) atoms. The summed E-state index contributed by atoms with van der Waals surface area (Å²) in [5.74, 6) is -2.33. The maximum Gasteiger partial charge on any atom is 0.261 e. The van der Waals surface area contributed by atoms with Crippen molar-refractivity contribution >= 4 is 29.5 Å². The zero-order chi connectivity index (χ0) is 20.1. The molecule has 3 rings (SSSR count). The Bertz CT molecular complexity index is 822. The van der Waals surface area contributed by atoms with Gasteiger partial charge in [-0.25, -0.2) is 0 Å². The van der Waals surface area contributed by atoms with E-state index in [9.17, 15) is 24.0 Å². The third-order valence-electron chi connectivity index (χ3n) is 4.78. The summed E-state index contributed by atoms with van der Waals surface area (Å²) in [6.07, 6.45) is 3.06. The number of amides is 5. The van der Waals surface area contributed by atoms with Crippen LogP contribution in [0.1, 0.15) is 41.6 Å². The van der Waals surface area contributed by atoms with Gasteiger partial charge < -0.3 is 4.90 Å². The minimum Gasteiger partial charge on any atom is -0.333 e. The van der Waals surface area contributed by atoms with E-state index in [1.807, 2.05) is 0 Å². The summed E-state index contributed by atoms with van der Waals surface area (Å²) in [6.45, 7) is -0.126. The molecule has 0 aliphatic carbocycles. The fraction of sp³-hybridized carbons (Fsp3) is 0.421. The molecule has 2 heterocycles. The number of imide groups is 1. The molecule has 148 valence electrons. The highest BCUT2D eigenvalue weighted by Crippen LogP contribution is 2.19. The molecular weight excluding hydrogens is 364 g/mol. The quantitative estimate of drug-likeness (QED) is 0.547. The van der Waals surface area contributed by atoms with Gasteiger partial charge in [-0.15, -0.1) is 0 Å². The molecule has 0 spiro atoms. The van der Waals surface area contributed by atoms with Crippen LogP contribution in [0.2, 0.25) is 0 Å². The van der Waals surface area contributed by atoms with Crippen LogP contribution in [0.15, 0.2) is 24.3 Å². The Morgan fingerprint density at radius 3 is 2.39 bits per heavy atom. The number of carbonyl (C=O) groups is 5. The SMILES string of the molecule is O=C(CN1CCCCCC1=O)NNC(=O)CN1C(=O)Cc2ccccc2C1=O. The molecule has 0 unspecified atom stereocenters. The zero-order valence-corrected chi connectivity index (χ0v) is 15.4. The maximum atomic E-state index is 12.4. The highest BCUT2D eigenvalue weighted by Gasteiger charge is 2.32. The molecule has 1 saturated heterocycles. The van der Waals surface area contributed by atoms with E-state index in [0.717, 1.165) is 24.2 Å². The number of fused-ring (bicyclic) bond motifs is 1. The predicted octanol–water partition coefficient (Wildman–Crippen LogP) is -0.238. The van der Waals surface area contributed by atoms with E-state index < -0.39 is 30.2 Å². The van der Waals surface area contributed by atoms with Crippen LogP contribution in [0.3, 0.4) is 0 Å². The van der Waals surface area contributed by atoms with Crippen molar-refractivity contribution in [2.45, 2.75) is 32.1 Å². The average molecular weight is 386 g/mol. The van der Waals surface area contributed by atoms with Crippen LogP contribution in [0, 0.1) is 0 Å². The van der Waals surface area contributed by atoms with Crippen LogP contribution in [0.5, 0.6) is 0 Å². The molecular formula is C19H22N4O5. The highest BCUT2D eigenvalue weighted by molar-refractivity contribution is 6.11. The van der Waals surface area contributed by atoms with Crippen molar-refractivity contribution in [3.63, 3.8) is 0 Å². The standard InChI is InChI=1S/C19H22N4O5/c24-15(11-22-9-5-1-2-8-17(22)26)20-21-16(25)12-23-18(27)10-13-6-3-4-7-14(13)19(23)28/h3-4,6-7H,1-2,5,8-12H2,(H,20,24)(H,21,25). The van der Waals surface area contributed by atoms with Gasteiger partial charge in [0.1, 0.15) is 13.1 Å². The van der Waals surface area contributed by atoms with Gasteiger partial charge in [0.25, 0.3) is 17.7 Å². The Morgan fingerprint density at radius 2 is 1.61 bits per heavy atom. The van der Waals surface area contributed by atoms with Crippen molar-refractivity contribution < 1.29 is 24.0 Å². The van der Waals surface area contributed by atoms with Gasteiger partial charge in [0.15, 0.2) is 0 Å². The van der Waals surface area contributed by atoms with Crippen molar-refractivity contribution in [2.75, 3.05) is 19.6 Å². The van der Waals surface area contributed by atoms with Crippen LogP contribution < -0.4 is 10.9 Å². The summed E-state index contributed by atoms with van der Waals surface area (Å²) in [5, 5.41) is 0. The second kappa shape index (κ2) is 8.64. The molecule has 2 aliphatic rings. The van der Waals surface area contributed by atoms with Crippen molar-refractivity contribution in [2.24, 2.45) is 0 Å². The van der Waals surface area contributed by atoms with Crippen LogP contribution >= 0.6 is 0 Å². The number of likely N-dealkylation sites (tertiary alicyclic amines) is 1. The van der Waals surface area contributed by atoms with Gasteiger partial charge in [-0.3, -0.25) is 39.7 Å². The number of rotatable bonds is 4. The first kappa shape index (κ1) is 19.5. The topological polar surface area (TPSA) is 116 Å². The molecule has 0 aromatic heterocycles. The molecule has 0 atom stereocenters. The molecule has 0 bridgehead atoms. The Morgan fingerprint density at radius 1 is 0.893 bits per heavy atom. The second-order valence-electron chi connectivity index (χ2n) is 6.84. The fourth-order valence-corrected chi connectivity index (χ4v) is 3.30. The lowest BCUT2D eigenvalue weighted by Crippen LogP contribution is -2.52. The molecule has 2 aliphatic heterocycles. The summed E-state index contributed by atoms with van der Waals surface area (Å²) in [6, 6.07) is 6.74. The predicted molar refractivity (Wildman–Crippen MR) is 97.5 cm³/mol. The molecule has 9 heteroatoms. The van der Waals surface area contributed by atoms with E-state index in [1.165, 1.54) is 4.90 Å². The van der Waals surface area contributed by atoms with E-state index in [-0.39, 0.29) is 18.9 Å². The Labute approximate surface area is 162 Å². The van der Waals surface area contributed by atoms with Gasteiger partial charge >= 0.3 is 0 Å². The summed E-state index contributed by atoms with van der Waals surface area (Å²) in [7, 11) is 0. The normalized spacial score (nSPS) is 17.1. The zero-order valence-electron chi connectivity index (χ0n) is 15.4. The lowest BCUT2D eigenvalue weighted by molar-refractivity contribution is -0.137. The minimum atomic E-state index is -0.698. The Kier molecular flexibility index (Phi) is 6.03. The molecule has 5 amide bonds. The van der Waals surface area contributed by atoms with Gasteiger partial charge in [-0.2, -0.15) is 0 Å². The molecule has 0 saturated carbocycles. The van der Waals surface area contributed by atoms with Crippen molar-refractivity contribution in [1.82, 2.24) is 20.7 Å². The first-order valence-corrected chi connectivity index (χ1v) is 9.24. The molecule has 0 radical (unpaired) electrons. The largest absolute Gasteiger partial charge is 0.333 e. The first-order valence-electron chi connectivity index (χ1n) is 9.24. The second-order valence-corrected chi connectivity index (χ2v) is 6.84. The Balaban J connectivity index is 1.50. The van der Waals surface area contributed by atoms with Gasteiger partial charge in [0.2, 0.25) is 11.8 Å². The monoisotopic (exact) mass is 386 g/mol. The fourth-order valence-electron chi connectivity index (χ4n) is 3.30. The smallest absolute Gasteiger partial charge is 0.261 e. The van der Waals surface area contributed by atoms with Crippen molar-refractivity contribution in [3.8, 4) is 0 Å². The number of nitrogens with one attached hydrogen (secondary N) is 2. The number of carbonyl (C=O) groups excluding carboxylic acids is 5. The van der Waals surface area contributed by atoms with E-state index >= 15 is 0 Å². The number of hydrogen-bond donors (Lipinski definition) is 2. The Hall–Kier alpha value is -3.23. The van der Waals surface area contributed by atoms with E-state index in [4.69, 9.17) is 0 Å². The number of hydrazine groups is 1. The van der Waals surface area contributed by atoms with Gasteiger partial charge in [-0.05, 0) is 24.5 Å². The third kappa shape index (κ3) is 4.54. The summed E-state index contributed by atoms with van der Waals surface area (Å²) in [5.41, 5.74) is 5.44. The van der Waals surface area contributed by atoms with Crippen LogP contribution in [0.4, 0.5) is 0 Å². The molecule has 1 aromatic carbocycles. The van der Waals surface area contributed by atoms with Crippen molar-refractivity contribution in [3.05, 3.63) is 35.4 Å². The molecule has 1 aromatic rings. The van der Waals surface area contributed by atoms with Gasteiger partial charge in [-0.1, -0.05) is 24.6 Å². The molecule has 9 nitrogen and oxygen atoms in total. The third-order valence-corrected chi connectivity index (χ3v) is 4.78. The van der Waals surface area contributed by atoms with E-state index in [2.05, 4.69) is 10.9 Å². The van der Waals surface area contributed by atoms with E-state index in [1.54, 1.807) is 24.3 Å². The molecule has 2 N–H and O–H groups in total. The lowest BCUT2D eigenvalue weighted by atomic mass is 9.98. The van der Waals surface area contributed by atoms with E-state index in [0.29, 0.717) is 24.1 Å². The first-order chi connectivity index (χ1) is 13.5. The number of hydrogen-bond acceptors (Lipinski definition) is 5. The van der Waals surface area contributed by atoms with Gasteiger partial charge in [0.05, 0.1) is 6.42 Å². The number of benzene rings is 1. The van der Waals surface area contributed by atoms with Crippen LogP contribution in [-0.4, -0.2) is 59.0 Å². The average Bonchev–Trinajstić information content (AvgIpc) is 2.88. The van der Waals surface area contributed by atoms with Gasteiger partial charge in [0, 0.05) is 18.5 Å². The minimum absolute atomic E-state index is 0.0403. The lowest BCUT2D eigenvalue weighted by Gasteiger charge is -2.26. The van der Waals surface area contributed by atoms with Crippen LogP contribution in [-0.2, 0) is 25.6 Å². The summed E-state index contributed by atoms with van der Waals surface area (Å²) >= 11 is 0. The maximum absolute atomic E-state index is 12.4. The van der Waals surface area contributed by atoms with Crippen LogP contribution in [0.25, 0.3) is 0 Å². The number of nitrogens with zero attached hydrogens (tertiary/aromatic N) is 2. The summed E-state index contributed by atoms with van der Waals surface area (Å²) < 4.78 is 0. The van der Waals surface area contributed by atoms with Crippen molar-refractivity contribution in [1.29, 1.82) is 0 Å².